The first kappa shape index (κ1) is 18.0. The molecule has 2 heterocycles. The lowest BCUT2D eigenvalue weighted by Crippen LogP contribution is -2.34. The quantitative estimate of drug-likeness (QED) is 0.715. The molecule has 1 amide bonds. The number of para-hydroxylation sites is 1. The van der Waals surface area contributed by atoms with Crippen LogP contribution in [-0.2, 0) is 0 Å². The molecule has 3 aromatic rings. The summed E-state index contributed by atoms with van der Waals surface area (Å²) in [5, 5.41) is 13.0. The molecule has 0 atom stereocenters. The van der Waals surface area contributed by atoms with Crippen LogP contribution in [0.3, 0.4) is 0 Å². The summed E-state index contributed by atoms with van der Waals surface area (Å²) in [6.07, 6.45) is 4.05. The second-order valence-electron chi connectivity index (χ2n) is 7.13. The summed E-state index contributed by atoms with van der Waals surface area (Å²) in [6.45, 7) is 4.65. The first-order valence-corrected chi connectivity index (χ1v) is 8.69. The fourth-order valence-electron chi connectivity index (χ4n) is 2.84. The molecule has 0 aliphatic carbocycles. The molecule has 0 saturated carbocycles. The van der Waals surface area contributed by atoms with Gasteiger partial charge in [-0.15, -0.1) is 0 Å². The Morgan fingerprint density at radius 3 is 2.62 bits per heavy atom. The minimum absolute atomic E-state index is 0.104. The molecule has 0 radical (unpaired) electrons. The number of carbonyl (C=O) groups excluding carboxylic acids is 1. The third kappa shape index (κ3) is 4.06. The molecule has 134 valence electrons. The minimum Gasteiger partial charge on any atom is -0.396 e. The molecular formula is C21H23N3O2. The summed E-state index contributed by atoms with van der Waals surface area (Å²) in [7, 11) is 0. The summed E-state index contributed by atoms with van der Waals surface area (Å²) in [5.41, 5.74) is 2.87. The molecule has 0 bridgehead atoms. The number of aliphatic hydroxyl groups excluding tert-OH is 1. The maximum Gasteiger partial charge on any atom is 0.252 e. The minimum atomic E-state index is -0.166. The van der Waals surface area contributed by atoms with E-state index >= 15 is 0 Å². The number of carbonyl (C=O) groups is 1. The van der Waals surface area contributed by atoms with Crippen molar-refractivity contribution in [1.82, 2.24) is 15.3 Å². The van der Waals surface area contributed by atoms with Gasteiger partial charge in [0.2, 0.25) is 0 Å². The first-order valence-electron chi connectivity index (χ1n) is 8.69. The molecule has 3 rings (SSSR count). The van der Waals surface area contributed by atoms with Gasteiger partial charge in [-0.3, -0.25) is 9.78 Å². The summed E-state index contributed by atoms with van der Waals surface area (Å²) in [6, 6.07) is 13.2. The molecule has 5 heteroatoms. The Bertz CT molecular complexity index is 908. The summed E-state index contributed by atoms with van der Waals surface area (Å²) in [4.78, 5) is 21.6. The molecule has 0 spiro atoms. The predicted octanol–water partition coefficient (Wildman–Crippen LogP) is 3.44. The Hall–Kier alpha value is -2.79. The van der Waals surface area contributed by atoms with Crippen molar-refractivity contribution in [1.29, 1.82) is 0 Å². The van der Waals surface area contributed by atoms with Crippen LogP contribution in [0.1, 0.15) is 30.6 Å². The van der Waals surface area contributed by atoms with E-state index < -0.39 is 0 Å². The van der Waals surface area contributed by atoms with Crippen molar-refractivity contribution in [2.75, 3.05) is 13.2 Å². The number of nitrogens with zero attached hydrogens (tertiary/aromatic N) is 2. The predicted molar refractivity (Wildman–Crippen MR) is 103 cm³/mol. The van der Waals surface area contributed by atoms with E-state index in [-0.39, 0.29) is 17.9 Å². The van der Waals surface area contributed by atoms with E-state index in [1.54, 1.807) is 12.4 Å². The van der Waals surface area contributed by atoms with Crippen LogP contribution in [0.25, 0.3) is 22.2 Å². The second kappa shape index (κ2) is 7.62. The van der Waals surface area contributed by atoms with Gasteiger partial charge < -0.3 is 10.4 Å². The van der Waals surface area contributed by atoms with Crippen LogP contribution in [0.2, 0.25) is 0 Å². The van der Waals surface area contributed by atoms with Crippen LogP contribution in [0.4, 0.5) is 0 Å². The normalized spacial score (nSPS) is 11.5. The largest absolute Gasteiger partial charge is 0.396 e. The smallest absolute Gasteiger partial charge is 0.252 e. The van der Waals surface area contributed by atoms with Gasteiger partial charge in [-0.2, -0.15) is 0 Å². The number of benzene rings is 1. The van der Waals surface area contributed by atoms with Crippen LogP contribution >= 0.6 is 0 Å². The van der Waals surface area contributed by atoms with Gasteiger partial charge in [-0.05, 0) is 36.1 Å². The maximum absolute atomic E-state index is 12.9. The zero-order valence-corrected chi connectivity index (χ0v) is 15.1. The van der Waals surface area contributed by atoms with E-state index in [0.29, 0.717) is 18.5 Å². The van der Waals surface area contributed by atoms with Gasteiger partial charge in [0.1, 0.15) is 0 Å². The number of amides is 1. The zero-order valence-electron chi connectivity index (χ0n) is 15.1. The number of fused-ring (bicyclic) bond motifs is 1. The van der Waals surface area contributed by atoms with Crippen molar-refractivity contribution < 1.29 is 9.90 Å². The highest BCUT2D eigenvalue weighted by Crippen LogP contribution is 2.25. The number of hydrogen-bond donors (Lipinski definition) is 2. The average Bonchev–Trinajstić information content (AvgIpc) is 2.66. The lowest BCUT2D eigenvalue weighted by atomic mass is 9.89. The van der Waals surface area contributed by atoms with E-state index in [1.807, 2.05) is 56.3 Å². The van der Waals surface area contributed by atoms with Gasteiger partial charge >= 0.3 is 0 Å². The highest BCUT2D eigenvalue weighted by molar-refractivity contribution is 6.07. The molecule has 0 aliphatic heterocycles. The molecule has 0 unspecified atom stereocenters. The van der Waals surface area contributed by atoms with Crippen LogP contribution in [0, 0.1) is 5.41 Å². The molecule has 0 saturated heterocycles. The second-order valence-corrected chi connectivity index (χ2v) is 7.13. The first-order chi connectivity index (χ1) is 12.5. The van der Waals surface area contributed by atoms with E-state index in [2.05, 4.69) is 15.3 Å². The molecule has 1 aromatic carbocycles. The molecule has 0 aliphatic rings. The zero-order chi connectivity index (χ0) is 18.6. The third-order valence-corrected chi connectivity index (χ3v) is 4.45. The Morgan fingerprint density at radius 2 is 1.88 bits per heavy atom. The molecule has 2 N–H and O–H groups in total. The summed E-state index contributed by atoms with van der Waals surface area (Å²) >= 11 is 0. The van der Waals surface area contributed by atoms with E-state index in [9.17, 15) is 4.79 Å². The van der Waals surface area contributed by atoms with Crippen LogP contribution in [0.5, 0.6) is 0 Å². The van der Waals surface area contributed by atoms with Crippen LogP contribution in [-0.4, -0.2) is 34.1 Å². The highest BCUT2D eigenvalue weighted by atomic mass is 16.3. The highest BCUT2D eigenvalue weighted by Gasteiger charge is 2.20. The van der Waals surface area contributed by atoms with Crippen molar-refractivity contribution >= 4 is 16.8 Å². The van der Waals surface area contributed by atoms with Crippen molar-refractivity contribution in [3.63, 3.8) is 0 Å². The molecule has 0 fully saturated rings. The number of hydrogen-bond acceptors (Lipinski definition) is 4. The number of aliphatic hydroxyl groups is 1. The van der Waals surface area contributed by atoms with E-state index in [1.165, 1.54) is 0 Å². The number of aromatic nitrogens is 2. The lowest BCUT2D eigenvalue weighted by molar-refractivity contribution is 0.0930. The van der Waals surface area contributed by atoms with Gasteiger partial charge in [0.05, 0.1) is 16.8 Å². The maximum atomic E-state index is 12.9. The standard InChI is InChI=1S/C21H23N3O2/c1-21(2,9-12-25)14-23-20(26)17-13-19(15-7-10-22-11-8-15)24-18-6-4-3-5-16(17)18/h3-8,10-11,13,25H,9,12,14H2,1-2H3,(H,23,26). The van der Waals surface area contributed by atoms with Crippen LogP contribution in [0.15, 0.2) is 54.9 Å². The molecule has 26 heavy (non-hydrogen) atoms. The fraction of sp³-hybridized carbons (Fsp3) is 0.286. The molecule has 5 nitrogen and oxygen atoms in total. The monoisotopic (exact) mass is 349 g/mol. The van der Waals surface area contributed by atoms with Crippen LogP contribution < -0.4 is 5.32 Å². The van der Waals surface area contributed by atoms with Crippen molar-refractivity contribution in [3.05, 3.63) is 60.4 Å². The number of pyridine rings is 2. The van der Waals surface area contributed by atoms with Crippen molar-refractivity contribution in [2.24, 2.45) is 5.41 Å². The van der Waals surface area contributed by atoms with E-state index in [0.717, 1.165) is 22.2 Å². The summed E-state index contributed by atoms with van der Waals surface area (Å²) < 4.78 is 0. The number of rotatable bonds is 6. The van der Waals surface area contributed by atoms with Gasteiger partial charge in [-0.25, -0.2) is 4.98 Å². The Morgan fingerprint density at radius 1 is 1.15 bits per heavy atom. The lowest BCUT2D eigenvalue weighted by Gasteiger charge is -2.24. The van der Waals surface area contributed by atoms with Gasteiger partial charge in [0.15, 0.2) is 0 Å². The molecule has 2 aromatic heterocycles. The topological polar surface area (TPSA) is 75.1 Å². The van der Waals surface area contributed by atoms with Crippen molar-refractivity contribution in [2.45, 2.75) is 20.3 Å². The SMILES string of the molecule is CC(C)(CCO)CNC(=O)c1cc(-c2ccncc2)nc2ccccc12. The van der Waals surface area contributed by atoms with Gasteiger partial charge in [-0.1, -0.05) is 32.0 Å². The Labute approximate surface area is 153 Å². The Kier molecular flexibility index (Phi) is 5.28. The number of nitrogens with one attached hydrogen (secondary N) is 1. The summed E-state index contributed by atoms with van der Waals surface area (Å²) in [5.74, 6) is -0.134. The van der Waals surface area contributed by atoms with Gasteiger partial charge in [0, 0.05) is 36.5 Å². The third-order valence-electron chi connectivity index (χ3n) is 4.45. The van der Waals surface area contributed by atoms with Gasteiger partial charge in [0.25, 0.3) is 5.91 Å². The molecular weight excluding hydrogens is 326 g/mol. The van der Waals surface area contributed by atoms with E-state index in [4.69, 9.17) is 5.11 Å². The Balaban J connectivity index is 1.97. The fourth-order valence-corrected chi connectivity index (χ4v) is 2.84. The average molecular weight is 349 g/mol. The van der Waals surface area contributed by atoms with Crippen molar-refractivity contribution in [3.8, 4) is 11.3 Å².